The van der Waals surface area contributed by atoms with Gasteiger partial charge in [0, 0.05) is 13.8 Å². The van der Waals surface area contributed by atoms with Crippen LogP contribution in [0.25, 0.3) is 0 Å². The number of hydrogen-bond donors (Lipinski definition) is 1. The van der Waals surface area contributed by atoms with Crippen LogP contribution >= 0.6 is 23.4 Å². The minimum absolute atomic E-state index is 0.238. The molecule has 0 saturated heterocycles. The molecule has 0 aliphatic carbocycles. The third kappa shape index (κ3) is 5.46. The molecule has 30 heavy (non-hydrogen) atoms. The van der Waals surface area contributed by atoms with E-state index in [4.69, 9.17) is 21.1 Å². The molecule has 0 radical (unpaired) electrons. The Labute approximate surface area is 184 Å². The van der Waals surface area contributed by atoms with Crippen LogP contribution in [0, 0.1) is 6.92 Å². The molecular weight excluding hydrogens is 426 g/mol. The highest BCUT2D eigenvalue weighted by Crippen LogP contribution is 2.40. The van der Waals surface area contributed by atoms with E-state index in [2.05, 4.69) is 10.4 Å². The number of thioether (sulfide) groups is 1. The Balaban J connectivity index is 1.61. The standard InChI is InChI=1S/C21H22ClN3O4S/c1-13-6-4-5-7-18(13)28-10-11-29-19-9-8-16(12-17(19)22)20-25(15(3)27)24-21(30-20)23-14(2)26/h4-9,12,20H,10-11H2,1-3H3,(H,23,24,26)/t20-/m0/s1. The lowest BCUT2D eigenvalue weighted by molar-refractivity contribution is -0.129. The van der Waals surface area contributed by atoms with E-state index in [1.807, 2.05) is 37.3 Å². The fourth-order valence-electron chi connectivity index (χ4n) is 2.79. The molecule has 1 aliphatic rings. The van der Waals surface area contributed by atoms with E-state index < -0.39 is 5.37 Å². The van der Waals surface area contributed by atoms with E-state index in [-0.39, 0.29) is 11.8 Å². The summed E-state index contributed by atoms with van der Waals surface area (Å²) >= 11 is 7.66. The predicted octanol–water partition coefficient (Wildman–Crippen LogP) is 4.11. The number of nitrogens with zero attached hydrogens (tertiary/aromatic N) is 2. The maximum Gasteiger partial charge on any atom is 0.241 e. The summed E-state index contributed by atoms with van der Waals surface area (Å²) in [6, 6.07) is 13.1. The quantitative estimate of drug-likeness (QED) is 0.674. The van der Waals surface area contributed by atoms with Crippen LogP contribution in [-0.2, 0) is 9.59 Å². The molecule has 7 nitrogen and oxygen atoms in total. The van der Waals surface area contributed by atoms with Crippen molar-refractivity contribution in [2.24, 2.45) is 5.10 Å². The lowest BCUT2D eigenvalue weighted by atomic mass is 10.2. The fourth-order valence-corrected chi connectivity index (χ4v) is 4.16. The van der Waals surface area contributed by atoms with Crippen molar-refractivity contribution in [2.45, 2.75) is 26.1 Å². The molecule has 2 aromatic carbocycles. The Morgan fingerprint density at radius 2 is 1.83 bits per heavy atom. The zero-order valence-corrected chi connectivity index (χ0v) is 18.4. The summed E-state index contributed by atoms with van der Waals surface area (Å²) in [5, 5.41) is 8.47. The Morgan fingerprint density at radius 3 is 2.47 bits per heavy atom. The molecule has 0 unspecified atom stereocenters. The van der Waals surface area contributed by atoms with Gasteiger partial charge in [-0.25, -0.2) is 5.01 Å². The average Bonchev–Trinajstić information content (AvgIpc) is 3.11. The molecule has 0 aromatic heterocycles. The second kappa shape index (κ2) is 9.86. The third-order valence-electron chi connectivity index (χ3n) is 4.18. The molecule has 1 aliphatic heterocycles. The summed E-state index contributed by atoms with van der Waals surface area (Å²) < 4.78 is 11.5. The number of hydrogen-bond acceptors (Lipinski definition) is 6. The second-order valence-electron chi connectivity index (χ2n) is 6.57. The van der Waals surface area contributed by atoms with Crippen LogP contribution in [0.1, 0.15) is 30.3 Å². The molecule has 3 rings (SSSR count). The van der Waals surface area contributed by atoms with E-state index >= 15 is 0 Å². The van der Waals surface area contributed by atoms with Crippen LogP contribution in [-0.4, -0.2) is 35.2 Å². The Hall–Kier alpha value is -2.71. The number of carbonyl (C=O) groups excluding carboxylic acids is 2. The molecule has 2 amide bonds. The van der Waals surface area contributed by atoms with Gasteiger partial charge in [-0.05, 0) is 36.2 Å². The smallest absolute Gasteiger partial charge is 0.241 e. The molecule has 9 heteroatoms. The van der Waals surface area contributed by atoms with Crippen molar-refractivity contribution in [3.63, 3.8) is 0 Å². The Bertz CT molecular complexity index is 982. The van der Waals surface area contributed by atoms with E-state index in [9.17, 15) is 9.59 Å². The first-order chi connectivity index (χ1) is 14.3. The van der Waals surface area contributed by atoms with Gasteiger partial charge in [-0.1, -0.05) is 47.6 Å². The largest absolute Gasteiger partial charge is 0.490 e. The summed E-state index contributed by atoms with van der Waals surface area (Å²) in [4.78, 5) is 23.2. The first-order valence-corrected chi connectivity index (χ1v) is 10.5. The van der Waals surface area contributed by atoms with E-state index in [1.54, 1.807) is 12.1 Å². The minimum atomic E-state index is -0.416. The molecule has 1 N–H and O–H groups in total. The molecule has 1 atom stereocenters. The summed E-state index contributed by atoms with van der Waals surface area (Å²) in [6.07, 6.45) is 0. The molecule has 158 valence electrons. The zero-order valence-electron chi connectivity index (χ0n) is 16.8. The number of amidine groups is 1. The molecule has 0 bridgehead atoms. The number of carbonyl (C=O) groups is 2. The SMILES string of the molecule is CC(=O)NC1=NN(C(C)=O)[C@H](c2ccc(OCCOc3ccccc3C)c(Cl)c2)S1. The molecule has 0 fully saturated rings. The van der Waals surface area contributed by atoms with Gasteiger partial charge in [0.05, 0.1) is 5.02 Å². The van der Waals surface area contributed by atoms with Gasteiger partial charge in [-0.15, -0.1) is 5.10 Å². The van der Waals surface area contributed by atoms with Crippen molar-refractivity contribution in [1.29, 1.82) is 0 Å². The van der Waals surface area contributed by atoms with Crippen LogP contribution in [0.4, 0.5) is 0 Å². The van der Waals surface area contributed by atoms with Crippen LogP contribution in [0.2, 0.25) is 5.02 Å². The van der Waals surface area contributed by atoms with Gasteiger partial charge in [-0.3, -0.25) is 9.59 Å². The molecule has 0 spiro atoms. The van der Waals surface area contributed by atoms with Gasteiger partial charge in [0.15, 0.2) is 5.17 Å². The van der Waals surface area contributed by atoms with Gasteiger partial charge in [0.25, 0.3) is 0 Å². The minimum Gasteiger partial charge on any atom is -0.490 e. The van der Waals surface area contributed by atoms with E-state index in [1.165, 1.54) is 30.6 Å². The Morgan fingerprint density at radius 1 is 1.13 bits per heavy atom. The maximum atomic E-state index is 11.9. The van der Waals surface area contributed by atoms with Crippen molar-refractivity contribution in [3.05, 3.63) is 58.6 Å². The average molecular weight is 448 g/mol. The number of rotatable bonds is 6. The van der Waals surface area contributed by atoms with Crippen LogP contribution in [0.15, 0.2) is 47.6 Å². The van der Waals surface area contributed by atoms with Crippen molar-refractivity contribution < 1.29 is 19.1 Å². The number of benzene rings is 2. The number of hydrazone groups is 1. The number of nitrogens with one attached hydrogen (secondary N) is 1. The van der Waals surface area contributed by atoms with Crippen LogP contribution < -0.4 is 14.8 Å². The zero-order chi connectivity index (χ0) is 21.7. The molecule has 2 aromatic rings. The maximum absolute atomic E-state index is 11.9. The van der Waals surface area contributed by atoms with Crippen molar-refractivity contribution in [3.8, 4) is 11.5 Å². The van der Waals surface area contributed by atoms with Crippen LogP contribution in [0.5, 0.6) is 11.5 Å². The highest BCUT2D eigenvalue weighted by Gasteiger charge is 2.32. The first kappa shape index (κ1) is 22.0. The first-order valence-electron chi connectivity index (χ1n) is 9.28. The lowest BCUT2D eigenvalue weighted by Gasteiger charge is -2.20. The normalized spacial score (nSPS) is 15.5. The van der Waals surface area contributed by atoms with Crippen molar-refractivity contribution in [2.75, 3.05) is 13.2 Å². The summed E-state index contributed by atoms with van der Waals surface area (Å²) in [6.45, 7) is 5.51. The number of para-hydroxylation sites is 1. The third-order valence-corrected chi connectivity index (χ3v) is 5.58. The van der Waals surface area contributed by atoms with Crippen molar-refractivity contribution >= 4 is 40.3 Å². The molecular formula is C21H22ClN3O4S. The van der Waals surface area contributed by atoms with Crippen molar-refractivity contribution in [1.82, 2.24) is 10.3 Å². The van der Waals surface area contributed by atoms with Gasteiger partial charge in [0.2, 0.25) is 11.8 Å². The lowest BCUT2D eigenvalue weighted by Crippen LogP contribution is -2.25. The number of ether oxygens (including phenoxy) is 2. The number of halogens is 1. The summed E-state index contributed by atoms with van der Waals surface area (Å²) in [5.74, 6) is 0.854. The van der Waals surface area contributed by atoms with Crippen LogP contribution in [0.3, 0.4) is 0 Å². The van der Waals surface area contributed by atoms with E-state index in [0.29, 0.717) is 29.2 Å². The number of amides is 2. The van der Waals surface area contributed by atoms with Gasteiger partial charge in [-0.2, -0.15) is 0 Å². The predicted molar refractivity (Wildman–Crippen MR) is 118 cm³/mol. The van der Waals surface area contributed by atoms with E-state index in [0.717, 1.165) is 16.9 Å². The summed E-state index contributed by atoms with van der Waals surface area (Å²) in [7, 11) is 0. The highest BCUT2D eigenvalue weighted by molar-refractivity contribution is 8.14. The fraction of sp³-hybridized carbons (Fsp3) is 0.286. The van der Waals surface area contributed by atoms with Gasteiger partial charge >= 0.3 is 0 Å². The van der Waals surface area contributed by atoms with Gasteiger partial charge < -0.3 is 14.8 Å². The number of aryl methyl sites for hydroxylation is 1. The highest BCUT2D eigenvalue weighted by atomic mass is 35.5. The monoisotopic (exact) mass is 447 g/mol. The topological polar surface area (TPSA) is 80.2 Å². The summed E-state index contributed by atoms with van der Waals surface area (Å²) in [5.41, 5.74) is 1.83. The molecule has 0 saturated carbocycles. The Kier molecular flexibility index (Phi) is 7.23. The second-order valence-corrected chi connectivity index (χ2v) is 8.05. The van der Waals surface area contributed by atoms with Gasteiger partial charge in [0.1, 0.15) is 30.1 Å². The molecule has 1 heterocycles.